The van der Waals surface area contributed by atoms with E-state index in [0.717, 1.165) is 24.1 Å². The molecule has 0 saturated carbocycles. The highest BCUT2D eigenvalue weighted by atomic mass is 16.5. The van der Waals surface area contributed by atoms with Gasteiger partial charge in [0.05, 0.1) is 18.9 Å². The van der Waals surface area contributed by atoms with Crippen molar-refractivity contribution in [2.75, 3.05) is 6.61 Å². The molecule has 0 fully saturated rings. The maximum atomic E-state index is 9.05. The van der Waals surface area contributed by atoms with Crippen molar-refractivity contribution >= 4 is 0 Å². The lowest BCUT2D eigenvalue weighted by Crippen LogP contribution is -2.21. The van der Waals surface area contributed by atoms with Crippen LogP contribution in [0.15, 0.2) is 18.3 Å². The van der Waals surface area contributed by atoms with Gasteiger partial charge in [-0.15, -0.1) is 0 Å². The lowest BCUT2D eigenvalue weighted by molar-refractivity contribution is 0.185. The number of ether oxygens (including phenoxy) is 1. The molecule has 1 aliphatic carbocycles. The molecule has 0 bridgehead atoms. The Labute approximate surface area is 108 Å². The second kappa shape index (κ2) is 5.96. The number of rotatable bonds is 4. The monoisotopic (exact) mass is 248 g/mol. The van der Waals surface area contributed by atoms with Gasteiger partial charge in [0.2, 0.25) is 0 Å². The van der Waals surface area contributed by atoms with Gasteiger partial charge in [-0.2, -0.15) is 0 Å². The van der Waals surface area contributed by atoms with Gasteiger partial charge in [-0.25, -0.2) is 9.97 Å². The molecule has 2 atom stereocenters. The Kier molecular flexibility index (Phi) is 4.31. The van der Waals surface area contributed by atoms with Gasteiger partial charge < -0.3 is 9.84 Å². The summed E-state index contributed by atoms with van der Waals surface area (Å²) in [6.45, 7) is 4.73. The molecule has 0 saturated heterocycles. The zero-order chi connectivity index (χ0) is 13.0. The van der Waals surface area contributed by atoms with Gasteiger partial charge in [0.1, 0.15) is 0 Å². The number of nitrogens with zero attached hydrogens (tertiary/aromatic N) is 2. The fourth-order valence-electron chi connectivity index (χ4n) is 2.12. The highest BCUT2D eigenvalue weighted by molar-refractivity contribution is 5.16. The maximum absolute atomic E-state index is 9.05. The fraction of sp³-hybridized carbons (Fsp3) is 0.571. The van der Waals surface area contributed by atoms with Crippen LogP contribution in [0.25, 0.3) is 0 Å². The van der Waals surface area contributed by atoms with Crippen LogP contribution in [0.4, 0.5) is 0 Å². The summed E-state index contributed by atoms with van der Waals surface area (Å²) in [5.41, 5.74) is 1.52. The van der Waals surface area contributed by atoms with Gasteiger partial charge in [-0.05, 0) is 31.6 Å². The van der Waals surface area contributed by atoms with Crippen molar-refractivity contribution in [1.82, 2.24) is 9.97 Å². The molecule has 98 valence electrons. The summed E-state index contributed by atoms with van der Waals surface area (Å²) in [5, 5.41) is 9.05. The Morgan fingerprint density at radius 3 is 2.83 bits per heavy atom. The van der Waals surface area contributed by atoms with E-state index in [9.17, 15) is 0 Å². The van der Waals surface area contributed by atoms with Crippen LogP contribution in [0.5, 0.6) is 6.01 Å². The first-order valence-corrected chi connectivity index (χ1v) is 6.42. The highest BCUT2D eigenvalue weighted by Gasteiger charge is 2.19. The van der Waals surface area contributed by atoms with Crippen LogP contribution < -0.4 is 4.74 Å². The van der Waals surface area contributed by atoms with Crippen LogP contribution in [0.3, 0.4) is 0 Å². The molecule has 1 aromatic rings. The van der Waals surface area contributed by atoms with E-state index in [0.29, 0.717) is 24.5 Å². The zero-order valence-corrected chi connectivity index (χ0v) is 11.0. The molecule has 4 heteroatoms. The number of hydrogen-bond acceptors (Lipinski definition) is 4. The predicted molar refractivity (Wildman–Crippen MR) is 69.2 cm³/mol. The van der Waals surface area contributed by atoms with Crippen molar-refractivity contribution in [3.63, 3.8) is 0 Å². The number of hydrogen-bond donors (Lipinski definition) is 1. The molecule has 2 rings (SSSR count). The van der Waals surface area contributed by atoms with Crippen molar-refractivity contribution in [1.29, 1.82) is 0 Å². The molecule has 0 aromatic carbocycles. The van der Waals surface area contributed by atoms with Gasteiger partial charge in [-0.1, -0.05) is 19.1 Å². The molecule has 0 radical (unpaired) electrons. The number of allylic oxidation sites excluding steroid dienone is 2. The lowest BCUT2D eigenvalue weighted by atomic mass is 9.85. The van der Waals surface area contributed by atoms with E-state index in [-0.39, 0.29) is 6.61 Å². The summed E-state index contributed by atoms with van der Waals surface area (Å²) in [4.78, 5) is 8.35. The minimum Gasteiger partial charge on any atom is -0.463 e. The molecule has 1 N–H and O–H groups in total. The third kappa shape index (κ3) is 3.07. The predicted octanol–water partition coefficient (Wildman–Crippen LogP) is 2.26. The summed E-state index contributed by atoms with van der Waals surface area (Å²) in [6.07, 6.45) is 8.26. The standard InChI is InChI=1S/C14H20N2O2/c1-10-5-3-4-6-12(10)9-18-14-15-7-13(8-17)11(2)16-14/h3-4,7,10,12,17H,5-6,8-9H2,1-2H3. The smallest absolute Gasteiger partial charge is 0.316 e. The third-order valence-electron chi connectivity index (χ3n) is 3.57. The molecule has 1 aliphatic rings. The molecule has 0 aliphatic heterocycles. The Balaban J connectivity index is 1.93. The normalized spacial score (nSPS) is 23.1. The van der Waals surface area contributed by atoms with Crippen molar-refractivity contribution in [2.45, 2.75) is 33.3 Å². The fourth-order valence-corrected chi connectivity index (χ4v) is 2.12. The van der Waals surface area contributed by atoms with Crippen LogP contribution in [0, 0.1) is 18.8 Å². The molecular formula is C14H20N2O2. The average Bonchev–Trinajstić information content (AvgIpc) is 2.38. The molecule has 1 aromatic heterocycles. The van der Waals surface area contributed by atoms with Crippen LogP contribution in [-0.2, 0) is 6.61 Å². The minimum absolute atomic E-state index is 0.0312. The summed E-state index contributed by atoms with van der Waals surface area (Å²) in [6, 6.07) is 0.409. The lowest BCUT2D eigenvalue weighted by Gasteiger charge is -2.24. The first-order valence-electron chi connectivity index (χ1n) is 6.42. The summed E-state index contributed by atoms with van der Waals surface area (Å²) < 4.78 is 5.66. The second-order valence-corrected chi connectivity index (χ2v) is 4.91. The van der Waals surface area contributed by atoms with Crippen LogP contribution in [0.1, 0.15) is 31.0 Å². The van der Waals surface area contributed by atoms with Gasteiger partial charge in [-0.3, -0.25) is 0 Å². The summed E-state index contributed by atoms with van der Waals surface area (Å²) in [5.74, 6) is 1.18. The SMILES string of the molecule is Cc1nc(OCC2CC=CCC2C)ncc1CO. The summed E-state index contributed by atoms with van der Waals surface area (Å²) in [7, 11) is 0. The molecule has 2 unspecified atom stereocenters. The first kappa shape index (κ1) is 13.0. The number of aliphatic hydroxyl groups is 1. The largest absolute Gasteiger partial charge is 0.463 e. The molecule has 4 nitrogen and oxygen atoms in total. The van der Waals surface area contributed by atoms with Gasteiger partial charge in [0, 0.05) is 11.8 Å². The zero-order valence-electron chi connectivity index (χ0n) is 11.0. The van der Waals surface area contributed by atoms with Gasteiger partial charge in [0.15, 0.2) is 0 Å². The van der Waals surface area contributed by atoms with Crippen LogP contribution >= 0.6 is 0 Å². The highest BCUT2D eigenvalue weighted by Crippen LogP contribution is 2.25. The minimum atomic E-state index is -0.0312. The van der Waals surface area contributed by atoms with Crippen molar-refractivity contribution in [3.05, 3.63) is 29.6 Å². The van der Waals surface area contributed by atoms with E-state index in [1.807, 2.05) is 6.92 Å². The van der Waals surface area contributed by atoms with Crippen molar-refractivity contribution in [2.24, 2.45) is 11.8 Å². The Hall–Kier alpha value is -1.42. The van der Waals surface area contributed by atoms with E-state index >= 15 is 0 Å². The molecule has 0 amide bonds. The average molecular weight is 248 g/mol. The summed E-state index contributed by atoms with van der Waals surface area (Å²) >= 11 is 0. The molecule has 1 heterocycles. The second-order valence-electron chi connectivity index (χ2n) is 4.91. The molecule has 0 spiro atoms. The van der Waals surface area contributed by atoms with Crippen LogP contribution in [0.2, 0.25) is 0 Å². The van der Waals surface area contributed by atoms with Crippen molar-refractivity contribution < 1.29 is 9.84 Å². The topological polar surface area (TPSA) is 55.2 Å². The van der Waals surface area contributed by atoms with Crippen molar-refractivity contribution in [3.8, 4) is 6.01 Å². The molecular weight excluding hydrogens is 228 g/mol. The van der Waals surface area contributed by atoms with E-state index in [1.165, 1.54) is 0 Å². The number of aliphatic hydroxyl groups excluding tert-OH is 1. The van der Waals surface area contributed by atoms with Gasteiger partial charge in [0.25, 0.3) is 0 Å². The maximum Gasteiger partial charge on any atom is 0.316 e. The third-order valence-corrected chi connectivity index (χ3v) is 3.57. The Morgan fingerprint density at radius 1 is 1.39 bits per heavy atom. The Bertz CT molecular complexity index is 432. The van der Waals surface area contributed by atoms with E-state index in [4.69, 9.17) is 9.84 Å². The Morgan fingerprint density at radius 2 is 2.17 bits per heavy atom. The first-order chi connectivity index (χ1) is 8.70. The van der Waals surface area contributed by atoms with E-state index in [2.05, 4.69) is 29.0 Å². The van der Waals surface area contributed by atoms with E-state index < -0.39 is 0 Å². The molecule has 18 heavy (non-hydrogen) atoms. The van der Waals surface area contributed by atoms with E-state index in [1.54, 1.807) is 6.20 Å². The van der Waals surface area contributed by atoms with Gasteiger partial charge >= 0.3 is 6.01 Å². The number of aromatic nitrogens is 2. The van der Waals surface area contributed by atoms with Crippen LogP contribution in [-0.4, -0.2) is 21.7 Å². The quantitative estimate of drug-likeness (QED) is 0.830. The number of aryl methyl sites for hydroxylation is 1.